The fourth-order valence-corrected chi connectivity index (χ4v) is 1.03. The van der Waals surface area contributed by atoms with Gasteiger partial charge in [0.15, 0.2) is 11.5 Å². The van der Waals surface area contributed by atoms with E-state index in [1.54, 1.807) is 0 Å². The summed E-state index contributed by atoms with van der Waals surface area (Å²) in [5.41, 5.74) is -0.227. The maximum atomic E-state index is 12.9. The van der Waals surface area contributed by atoms with E-state index in [1.165, 1.54) is 7.11 Å². The lowest BCUT2D eigenvalue weighted by atomic mass is 9.93. The fourth-order valence-electron chi connectivity index (χ4n) is 1.03. The highest BCUT2D eigenvalue weighted by molar-refractivity contribution is 5.31. The first-order valence-electron chi connectivity index (χ1n) is 3.78. The average molecular weight is 172 g/mol. The largest absolute Gasteiger partial charge is 0.490 e. The lowest BCUT2D eigenvalue weighted by Gasteiger charge is -2.15. The van der Waals surface area contributed by atoms with Crippen LogP contribution in [-0.2, 0) is 5.41 Å². The average Bonchev–Trinajstić information content (AvgIpc) is 2.29. The summed E-state index contributed by atoms with van der Waals surface area (Å²) in [7, 11) is 1.43. The summed E-state index contributed by atoms with van der Waals surface area (Å²) in [4.78, 5) is 0. The standard InChI is InChI=1S/C9H13FO2/c1-9(2,3)8-7(11-4)6(10)5-12-8/h5H,1-4H3. The van der Waals surface area contributed by atoms with Gasteiger partial charge in [-0.05, 0) is 0 Å². The molecule has 0 aliphatic carbocycles. The summed E-state index contributed by atoms with van der Waals surface area (Å²) in [6, 6.07) is 0. The number of halogens is 1. The number of hydrogen-bond donors (Lipinski definition) is 0. The van der Waals surface area contributed by atoms with Crippen molar-refractivity contribution in [1.82, 2.24) is 0 Å². The van der Waals surface area contributed by atoms with Gasteiger partial charge in [-0.25, -0.2) is 0 Å². The first-order valence-corrected chi connectivity index (χ1v) is 3.78. The smallest absolute Gasteiger partial charge is 0.203 e. The zero-order chi connectivity index (χ0) is 9.35. The van der Waals surface area contributed by atoms with Crippen molar-refractivity contribution in [2.45, 2.75) is 26.2 Å². The van der Waals surface area contributed by atoms with E-state index in [0.29, 0.717) is 5.76 Å². The lowest BCUT2D eigenvalue weighted by Crippen LogP contribution is -2.11. The number of rotatable bonds is 1. The second-order valence-corrected chi connectivity index (χ2v) is 3.70. The van der Waals surface area contributed by atoms with Crippen molar-refractivity contribution < 1.29 is 13.5 Å². The molecule has 0 aliphatic heterocycles. The first kappa shape index (κ1) is 9.10. The van der Waals surface area contributed by atoms with Gasteiger partial charge in [0.25, 0.3) is 0 Å². The van der Waals surface area contributed by atoms with Crippen molar-refractivity contribution in [3.05, 3.63) is 17.8 Å². The first-order chi connectivity index (χ1) is 5.46. The maximum absolute atomic E-state index is 12.9. The molecule has 0 bridgehead atoms. The molecule has 0 saturated carbocycles. The molecular weight excluding hydrogens is 159 g/mol. The monoisotopic (exact) mass is 172 g/mol. The zero-order valence-electron chi connectivity index (χ0n) is 7.77. The van der Waals surface area contributed by atoms with Gasteiger partial charge in [0.1, 0.15) is 6.26 Å². The summed E-state index contributed by atoms with van der Waals surface area (Å²) < 4.78 is 22.8. The van der Waals surface area contributed by atoms with E-state index >= 15 is 0 Å². The molecule has 0 spiro atoms. The Bertz CT molecular complexity index is 271. The second kappa shape index (κ2) is 2.81. The normalized spacial score (nSPS) is 11.8. The minimum atomic E-state index is -0.442. The molecule has 0 aliphatic rings. The Kier molecular flexibility index (Phi) is 2.13. The van der Waals surface area contributed by atoms with E-state index in [2.05, 4.69) is 0 Å². The van der Waals surface area contributed by atoms with Crippen molar-refractivity contribution >= 4 is 0 Å². The lowest BCUT2D eigenvalue weighted by molar-refractivity contribution is 0.347. The van der Waals surface area contributed by atoms with Gasteiger partial charge < -0.3 is 9.15 Å². The van der Waals surface area contributed by atoms with E-state index in [1.807, 2.05) is 20.8 Å². The highest BCUT2D eigenvalue weighted by Crippen LogP contribution is 2.34. The van der Waals surface area contributed by atoms with Crippen molar-refractivity contribution in [2.24, 2.45) is 0 Å². The Morgan fingerprint density at radius 3 is 2.33 bits per heavy atom. The molecule has 0 amide bonds. The predicted octanol–water partition coefficient (Wildman–Crippen LogP) is 2.72. The van der Waals surface area contributed by atoms with Crippen LogP contribution in [0.1, 0.15) is 26.5 Å². The molecule has 2 nitrogen and oxygen atoms in total. The molecule has 0 fully saturated rings. The van der Waals surface area contributed by atoms with Crippen LogP contribution in [0, 0.1) is 5.82 Å². The fraction of sp³-hybridized carbons (Fsp3) is 0.556. The molecule has 1 heterocycles. The van der Waals surface area contributed by atoms with Crippen LogP contribution < -0.4 is 4.74 Å². The van der Waals surface area contributed by atoms with Crippen molar-refractivity contribution in [1.29, 1.82) is 0 Å². The van der Waals surface area contributed by atoms with E-state index in [9.17, 15) is 4.39 Å². The minimum absolute atomic E-state index is 0.211. The topological polar surface area (TPSA) is 22.4 Å². The van der Waals surface area contributed by atoms with Gasteiger partial charge in [-0.2, -0.15) is 4.39 Å². The van der Waals surface area contributed by atoms with Crippen LogP contribution in [0.4, 0.5) is 4.39 Å². The van der Waals surface area contributed by atoms with Crippen LogP contribution in [0.25, 0.3) is 0 Å². The van der Waals surface area contributed by atoms with E-state index in [-0.39, 0.29) is 11.2 Å². The number of furan rings is 1. The van der Waals surface area contributed by atoms with Crippen LogP contribution in [0.2, 0.25) is 0 Å². The van der Waals surface area contributed by atoms with Gasteiger partial charge in [-0.3, -0.25) is 0 Å². The van der Waals surface area contributed by atoms with Gasteiger partial charge in [0.2, 0.25) is 5.82 Å². The summed E-state index contributed by atoms with van der Waals surface area (Å²) in [5, 5.41) is 0. The van der Waals surface area contributed by atoms with Gasteiger partial charge >= 0.3 is 0 Å². The van der Waals surface area contributed by atoms with Crippen LogP contribution in [0.5, 0.6) is 5.75 Å². The molecule has 12 heavy (non-hydrogen) atoms. The Hall–Kier alpha value is -0.990. The molecule has 0 saturated heterocycles. The molecule has 1 aromatic rings. The molecular formula is C9H13FO2. The van der Waals surface area contributed by atoms with Crippen LogP contribution in [0.15, 0.2) is 10.7 Å². The quantitative estimate of drug-likeness (QED) is 0.649. The molecule has 0 N–H and O–H groups in total. The molecule has 0 radical (unpaired) electrons. The van der Waals surface area contributed by atoms with E-state index < -0.39 is 5.82 Å². The molecule has 1 rings (SSSR count). The SMILES string of the molecule is COc1c(F)coc1C(C)(C)C. The van der Waals surface area contributed by atoms with E-state index in [4.69, 9.17) is 9.15 Å². The summed E-state index contributed by atoms with van der Waals surface area (Å²) in [6.07, 6.45) is 1.07. The van der Waals surface area contributed by atoms with Crippen molar-refractivity contribution in [3.8, 4) is 5.75 Å². The third kappa shape index (κ3) is 1.44. The zero-order valence-corrected chi connectivity index (χ0v) is 7.77. The predicted molar refractivity (Wildman–Crippen MR) is 43.9 cm³/mol. The Labute approximate surface area is 71.3 Å². The van der Waals surface area contributed by atoms with Gasteiger partial charge in [-0.15, -0.1) is 0 Å². The molecule has 3 heteroatoms. The Morgan fingerprint density at radius 1 is 1.42 bits per heavy atom. The Balaban J connectivity index is 3.16. The molecule has 0 unspecified atom stereocenters. The third-order valence-electron chi connectivity index (χ3n) is 1.59. The maximum Gasteiger partial charge on any atom is 0.203 e. The number of ether oxygens (including phenoxy) is 1. The molecule has 0 aromatic carbocycles. The second-order valence-electron chi connectivity index (χ2n) is 3.70. The highest BCUT2D eigenvalue weighted by atomic mass is 19.1. The Morgan fingerprint density at radius 2 is 2.00 bits per heavy atom. The van der Waals surface area contributed by atoms with Crippen molar-refractivity contribution in [3.63, 3.8) is 0 Å². The van der Waals surface area contributed by atoms with Gasteiger partial charge in [0, 0.05) is 5.41 Å². The summed E-state index contributed by atoms with van der Waals surface area (Å²) in [5.74, 6) is 0.312. The number of hydrogen-bond acceptors (Lipinski definition) is 2. The summed E-state index contributed by atoms with van der Waals surface area (Å²) in [6.45, 7) is 5.81. The molecule has 0 atom stereocenters. The van der Waals surface area contributed by atoms with Gasteiger partial charge in [-0.1, -0.05) is 20.8 Å². The van der Waals surface area contributed by atoms with Crippen molar-refractivity contribution in [2.75, 3.05) is 7.11 Å². The molecule has 68 valence electrons. The van der Waals surface area contributed by atoms with Crippen LogP contribution in [0.3, 0.4) is 0 Å². The van der Waals surface area contributed by atoms with Gasteiger partial charge in [0.05, 0.1) is 7.11 Å². The van der Waals surface area contributed by atoms with E-state index in [0.717, 1.165) is 6.26 Å². The number of methoxy groups -OCH3 is 1. The van der Waals surface area contributed by atoms with Crippen LogP contribution >= 0.6 is 0 Å². The highest BCUT2D eigenvalue weighted by Gasteiger charge is 2.25. The third-order valence-corrected chi connectivity index (χ3v) is 1.59. The molecule has 1 aromatic heterocycles. The summed E-state index contributed by atoms with van der Waals surface area (Å²) >= 11 is 0. The van der Waals surface area contributed by atoms with Crippen LogP contribution in [-0.4, -0.2) is 7.11 Å². The minimum Gasteiger partial charge on any atom is -0.490 e.